The molecule has 7 rings (SSSR count). The van der Waals surface area contributed by atoms with Gasteiger partial charge >= 0.3 is 11.8 Å². The van der Waals surface area contributed by atoms with Crippen molar-refractivity contribution in [1.29, 1.82) is 0 Å². The van der Waals surface area contributed by atoms with Crippen molar-refractivity contribution >= 4 is 45.3 Å². The van der Waals surface area contributed by atoms with Gasteiger partial charge in [-0.25, -0.2) is 22.1 Å². The number of hydrogen-bond acceptors (Lipinski definition) is 6. The number of rotatable bonds is 6. The molecule has 7 nitrogen and oxygen atoms in total. The lowest BCUT2D eigenvalue weighted by Gasteiger charge is -2.30. The van der Waals surface area contributed by atoms with E-state index in [4.69, 9.17) is 16.3 Å². The standard InChI is InChI=1S/C31H30ClF4N6O/c1-41(14-19-12-37-16-31(19,35)36)28-22-13-38-26(21-7-2-5-18-6-3-8-23(32)24(18)21)25(34)27(22)39-29(40-28)43-17-30-9-4-10-42(30)15-20(33)11-30/h2-3,5-8,13-14,19-20,37H,4,9-12,15-17H2,1H3/q+1/t19?,20-,30+/m1/s1. The maximum Gasteiger partial charge on any atom is 0.434 e. The van der Waals surface area contributed by atoms with Crippen molar-refractivity contribution < 1.29 is 26.9 Å². The second-order valence-electron chi connectivity index (χ2n) is 11.8. The Hall–Kier alpha value is -3.41. The normalized spacial score (nSPS) is 25.6. The molecular weight excluding hydrogens is 584 g/mol. The summed E-state index contributed by atoms with van der Waals surface area (Å²) in [5.41, 5.74) is -0.0188. The van der Waals surface area contributed by atoms with E-state index in [1.807, 2.05) is 18.2 Å². The first kappa shape index (κ1) is 28.4. The van der Waals surface area contributed by atoms with Gasteiger partial charge in [0, 0.05) is 46.7 Å². The Labute approximate surface area is 250 Å². The van der Waals surface area contributed by atoms with Crippen LogP contribution in [0, 0.1) is 11.7 Å². The van der Waals surface area contributed by atoms with Crippen molar-refractivity contribution in [2.24, 2.45) is 5.92 Å². The number of hydrogen-bond donors (Lipinski definition) is 1. The molecule has 1 N–H and O–H groups in total. The fourth-order valence-electron chi connectivity index (χ4n) is 6.86. The third-order valence-electron chi connectivity index (χ3n) is 8.99. The summed E-state index contributed by atoms with van der Waals surface area (Å²) in [6.07, 6.45) is 3.92. The van der Waals surface area contributed by atoms with E-state index in [1.165, 1.54) is 17.0 Å². The highest BCUT2D eigenvalue weighted by atomic mass is 35.5. The number of nitrogens with one attached hydrogen (secondary N) is 1. The molecule has 224 valence electrons. The summed E-state index contributed by atoms with van der Waals surface area (Å²) >= 11 is 6.53. The minimum absolute atomic E-state index is 0.0385. The van der Waals surface area contributed by atoms with Crippen LogP contribution in [-0.2, 0) is 0 Å². The van der Waals surface area contributed by atoms with Gasteiger partial charge in [-0.2, -0.15) is 4.98 Å². The largest absolute Gasteiger partial charge is 0.443 e. The number of alkyl halides is 3. The molecule has 0 spiro atoms. The molecule has 2 aromatic carbocycles. The predicted molar refractivity (Wildman–Crippen MR) is 157 cm³/mol. The first-order valence-electron chi connectivity index (χ1n) is 14.4. The van der Waals surface area contributed by atoms with E-state index < -0.39 is 35.9 Å². The van der Waals surface area contributed by atoms with Gasteiger partial charge in [0.15, 0.2) is 5.82 Å². The SMILES string of the molecule is C[N+](=CC1CNCC1(F)F)c1nc(OC[C@@]23CCCN2C[C@H](F)C3)nc2c(F)c(-c3cccc4cccc(Cl)c34)ncc12. The van der Waals surface area contributed by atoms with Gasteiger partial charge in [-0.1, -0.05) is 41.9 Å². The lowest BCUT2D eigenvalue weighted by Crippen LogP contribution is -2.43. The molecule has 43 heavy (non-hydrogen) atoms. The minimum atomic E-state index is -2.95. The van der Waals surface area contributed by atoms with E-state index in [0.717, 1.165) is 24.8 Å². The molecule has 12 heteroatoms. The fraction of sp³-hybridized carbons (Fsp3) is 0.419. The van der Waals surface area contributed by atoms with Crippen molar-refractivity contribution in [2.45, 2.75) is 36.9 Å². The average molecular weight is 614 g/mol. The molecule has 4 aromatic rings. The summed E-state index contributed by atoms with van der Waals surface area (Å²) < 4.78 is 67.4. The summed E-state index contributed by atoms with van der Waals surface area (Å²) in [7, 11) is 1.58. The Morgan fingerprint density at radius 2 is 2.02 bits per heavy atom. The minimum Gasteiger partial charge on any atom is -0.443 e. The maximum atomic E-state index is 16.5. The van der Waals surface area contributed by atoms with E-state index in [1.54, 1.807) is 25.2 Å². The first-order chi connectivity index (χ1) is 20.6. The first-order valence-corrected chi connectivity index (χ1v) is 14.8. The Morgan fingerprint density at radius 3 is 2.81 bits per heavy atom. The van der Waals surface area contributed by atoms with Crippen LogP contribution in [0.4, 0.5) is 23.4 Å². The molecule has 2 aromatic heterocycles. The van der Waals surface area contributed by atoms with Crippen LogP contribution in [0.25, 0.3) is 32.9 Å². The third-order valence-corrected chi connectivity index (χ3v) is 9.30. The number of nitrogens with zero attached hydrogens (tertiary/aromatic N) is 5. The van der Waals surface area contributed by atoms with Gasteiger partial charge in [-0.15, -0.1) is 0 Å². The van der Waals surface area contributed by atoms with E-state index in [-0.39, 0.29) is 41.6 Å². The Morgan fingerprint density at radius 1 is 1.21 bits per heavy atom. The molecule has 0 bridgehead atoms. The van der Waals surface area contributed by atoms with Crippen LogP contribution < -0.4 is 10.1 Å². The van der Waals surface area contributed by atoms with Gasteiger partial charge in [-0.3, -0.25) is 9.88 Å². The monoisotopic (exact) mass is 613 g/mol. The highest BCUT2D eigenvalue weighted by Gasteiger charge is 2.50. The zero-order valence-corrected chi connectivity index (χ0v) is 24.2. The number of benzene rings is 2. The second kappa shape index (κ2) is 10.6. The van der Waals surface area contributed by atoms with Gasteiger partial charge in [0.05, 0.1) is 31.3 Å². The molecule has 3 fully saturated rings. The van der Waals surface area contributed by atoms with Crippen LogP contribution in [0.2, 0.25) is 5.02 Å². The van der Waals surface area contributed by atoms with Crippen LogP contribution in [0.15, 0.2) is 42.6 Å². The zero-order valence-electron chi connectivity index (χ0n) is 23.5. The topological polar surface area (TPSA) is 66.2 Å². The van der Waals surface area contributed by atoms with Crippen LogP contribution in [0.5, 0.6) is 6.01 Å². The Bertz CT molecular complexity index is 1760. The van der Waals surface area contributed by atoms with Crippen molar-refractivity contribution in [2.75, 3.05) is 39.8 Å². The Kier molecular flexibility index (Phi) is 7.02. The Balaban J connectivity index is 1.36. The molecule has 0 radical (unpaired) electrons. The molecule has 3 aliphatic rings. The molecule has 0 amide bonds. The van der Waals surface area contributed by atoms with Crippen molar-refractivity contribution in [3.8, 4) is 17.3 Å². The molecule has 1 unspecified atom stereocenters. The number of ether oxygens (including phenoxy) is 1. The number of fused-ring (bicyclic) bond motifs is 3. The van der Waals surface area contributed by atoms with Crippen LogP contribution >= 0.6 is 11.6 Å². The summed E-state index contributed by atoms with van der Waals surface area (Å²) in [5, 5.41) is 4.86. The highest BCUT2D eigenvalue weighted by Crippen LogP contribution is 2.41. The summed E-state index contributed by atoms with van der Waals surface area (Å²) in [5.74, 6) is -4.58. The van der Waals surface area contributed by atoms with E-state index >= 15 is 4.39 Å². The van der Waals surface area contributed by atoms with Gasteiger partial charge in [0.1, 0.15) is 29.4 Å². The maximum absolute atomic E-state index is 16.5. The molecule has 3 saturated heterocycles. The predicted octanol–water partition coefficient (Wildman–Crippen LogP) is 5.79. The summed E-state index contributed by atoms with van der Waals surface area (Å²) in [6.45, 7) is 0.931. The molecule has 0 saturated carbocycles. The molecule has 3 aliphatic heterocycles. The average Bonchev–Trinajstić information content (AvgIpc) is 3.62. The third kappa shape index (κ3) is 4.91. The van der Waals surface area contributed by atoms with Gasteiger partial charge in [0.25, 0.3) is 5.92 Å². The van der Waals surface area contributed by atoms with Crippen molar-refractivity contribution in [1.82, 2.24) is 25.2 Å². The summed E-state index contributed by atoms with van der Waals surface area (Å²) in [4.78, 5) is 15.6. The lowest BCUT2D eigenvalue weighted by molar-refractivity contribution is -0.406. The number of halogens is 5. The second-order valence-corrected chi connectivity index (χ2v) is 12.2. The molecule has 3 atom stereocenters. The zero-order chi connectivity index (χ0) is 29.9. The lowest BCUT2D eigenvalue weighted by atomic mass is 9.95. The van der Waals surface area contributed by atoms with Crippen LogP contribution in [0.1, 0.15) is 19.3 Å². The van der Waals surface area contributed by atoms with Crippen LogP contribution in [0.3, 0.4) is 0 Å². The smallest absolute Gasteiger partial charge is 0.434 e. The molecule has 0 aliphatic carbocycles. The van der Waals surface area contributed by atoms with E-state index in [2.05, 4.69) is 25.2 Å². The van der Waals surface area contributed by atoms with E-state index in [9.17, 15) is 13.2 Å². The van der Waals surface area contributed by atoms with Gasteiger partial charge < -0.3 is 10.1 Å². The van der Waals surface area contributed by atoms with Gasteiger partial charge in [0.2, 0.25) is 0 Å². The molecular formula is C31H30ClF4N6O+. The van der Waals surface area contributed by atoms with E-state index in [0.29, 0.717) is 28.9 Å². The highest BCUT2D eigenvalue weighted by molar-refractivity contribution is 6.36. The quantitative estimate of drug-likeness (QED) is 0.169. The van der Waals surface area contributed by atoms with Crippen molar-refractivity contribution in [3.05, 3.63) is 53.4 Å². The fourth-order valence-corrected chi connectivity index (χ4v) is 7.14. The van der Waals surface area contributed by atoms with Gasteiger partial charge in [-0.05, 0) is 30.8 Å². The van der Waals surface area contributed by atoms with Crippen molar-refractivity contribution in [3.63, 3.8) is 0 Å². The number of aromatic nitrogens is 3. The summed E-state index contributed by atoms with van der Waals surface area (Å²) in [6, 6.07) is 10.7. The molecule has 5 heterocycles. The van der Waals surface area contributed by atoms with Crippen LogP contribution in [-0.4, -0.2) is 88.1 Å². The number of pyridine rings is 1.